The first-order valence-electron chi connectivity index (χ1n) is 5.83. The van der Waals surface area contributed by atoms with Gasteiger partial charge in [-0.1, -0.05) is 0 Å². The van der Waals surface area contributed by atoms with Gasteiger partial charge in [-0.25, -0.2) is 9.78 Å². The molecule has 0 bridgehead atoms. The van der Waals surface area contributed by atoms with Crippen molar-refractivity contribution >= 4 is 27.6 Å². The standard InChI is InChI=1S/C12H18BrN3O3/c1-8(6-7-18-2)14-12(17)15-9-4-5-10(19-3)16-11(9)13/h4-5,8H,6-7H2,1-3H3,(H2,14,15,17)/t8-/m1/s1. The van der Waals surface area contributed by atoms with Crippen molar-refractivity contribution in [1.82, 2.24) is 10.3 Å². The van der Waals surface area contributed by atoms with Gasteiger partial charge in [-0.3, -0.25) is 0 Å². The number of urea groups is 1. The third kappa shape index (κ3) is 5.44. The summed E-state index contributed by atoms with van der Waals surface area (Å²) in [7, 11) is 3.17. The summed E-state index contributed by atoms with van der Waals surface area (Å²) in [6.07, 6.45) is 0.756. The van der Waals surface area contributed by atoms with Gasteiger partial charge >= 0.3 is 6.03 Å². The predicted molar refractivity (Wildman–Crippen MR) is 76.6 cm³/mol. The zero-order valence-corrected chi connectivity index (χ0v) is 12.8. The number of nitrogens with zero attached hydrogens (tertiary/aromatic N) is 1. The highest BCUT2D eigenvalue weighted by Gasteiger charge is 2.10. The highest BCUT2D eigenvalue weighted by atomic mass is 79.9. The van der Waals surface area contributed by atoms with Crippen molar-refractivity contribution in [2.24, 2.45) is 0 Å². The van der Waals surface area contributed by atoms with E-state index in [1.54, 1.807) is 19.2 Å². The minimum Gasteiger partial charge on any atom is -0.481 e. The van der Waals surface area contributed by atoms with Crippen molar-refractivity contribution in [2.45, 2.75) is 19.4 Å². The SMILES string of the molecule is COCC[C@@H](C)NC(=O)Nc1ccc(OC)nc1Br. The summed E-state index contributed by atoms with van der Waals surface area (Å²) in [5, 5.41) is 5.52. The first-order valence-corrected chi connectivity index (χ1v) is 6.63. The molecule has 1 aromatic heterocycles. The number of ether oxygens (including phenoxy) is 2. The fourth-order valence-electron chi connectivity index (χ4n) is 1.37. The van der Waals surface area contributed by atoms with Crippen molar-refractivity contribution in [3.63, 3.8) is 0 Å². The van der Waals surface area contributed by atoms with E-state index in [1.807, 2.05) is 6.92 Å². The van der Waals surface area contributed by atoms with Crippen LogP contribution >= 0.6 is 15.9 Å². The Morgan fingerprint density at radius 1 is 1.47 bits per heavy atom. The number of nitrogens with one attached hydrogen (secondary N) is 2. The molecule has 0 saturated heterocycles. The molecule has 2 N–H and O–H groups in total. The average molecular weight is 332 g/mol. The number of halogens is 1. The molecule has 0 fully saturated rings. The smallest absolute Gasteiger partial charge is 0.319 e. The van der Waals surface area contributed by atoms with Crippen LogP contribution in [0.4, 0.5) is 10.5 Å². The predicted octanol–water partition coefficient (Wildman–Crippen LogP) is 2.40. The van der Waals surface area contributed by atoms with Crippen LogP contribution in [-0.4, -0.2) is 37.9 Å². The summed E-state index contributed by atoms with van der Waals surface area (Å²) in [6, 6.07) is 3.14. The van der Waals surface area contributed by atoms with E-state index in [0.717, 1.165) is 6.42 Å². The molecule has 0 spiro atoms. The maximum atomic E-state index is 11.7. The maximum absolute atomic E-state index is 11.7. The molecule has 2 amide bonds. The lowest BCUT2D eigenvalue weighted by Gasteiger charge is -2.14. The molecule has 0 saturated carbocycles. The van der Waals surface area contributed by atoms with E-state index in [0.29, 0.717) is 22.8 Å². The van der Waals surface area contributed by atoms with Crippen LogP contribution in [0.5, 0.6) is 5.88 Å². The number of hydrogen-bond acceptors (Lipinski definition) is 4. The molecule has 0 aliphatic heterocycles. The van der Waals surface area contributed by atoms with E-state index >= 15 is 0 Å². The van der Waals surface area contributed by atoms with E-state index in [1.165, 1.54) is 7.11 Å². The summed E-state index contributed by atoms with van der Waals surface area (Å²) in [4.78, 5) is 15.9. The summed E-state index contributed by atoms with van der Waals surface area (Å²) >= 11 is 3.27. The number of methoxy groups -OCH3 is 2. The monoisotopic (exact) mass is 331 g/mol. The van der Waals surface area contributed by atoms with Crippen molar-refractivity contribution in [3.8, 4) is 5.88 Å². The minimum absolute atomic E-state index is 0.0323. The van der Waals surface area contributed by atoms with Crippen LogP contribution in [0, 0.1) is 0 Å². The normalized spacial score (nSPS) is 11.8. The number of carbonyl (C=O) groups is 1. The zero-order valence-electron chi connectivity index (χ0n) is 11.2. The fraction of sp³-hybridized carbons (Fsp3) is 0.500. The summed E-state index contributed by atoms with van der Waals surface area (Å²) in [5.41, 5.74) is 0.581. The zero-order chi connectivity index (χ0) is 14.3. The molecule has 1 heterocycles. The number of anilines is 1. The maximum Gasteiger partial charge on any atom is 0.319 e. The first kappa shape index (κ1) is 15.7. The Morgan fingerprint density at radius 2 is 2.21 bits per heavy atom. The molecule has 1 rings (SSSR count). The molecule has 0 aromatic carbocycles. The largest absolute Gasteiger partial charge is 0.481 e. The van der Waals surface area contributed by atoms with Crippen molar-refractivity contribution in [2.75, 3.05) is 26.1 Å². The van der Waals surface area contributed by atoms with Crippen LogP contribution in [0.25, 0.3) is 0 Å². The van der Waals surface area contributed by atoms with E-state index < -0.39 is 0 Å². The molecule has 0 radical (unpaired) electrons. The van der Waals surface area contributed by atoms with Gasteiger partial charge in [-0.05, 0) is 35.3 Å². The highest BCUT2D eigenvalue weighted by molar-refractivity contribution is 9.10. The lowest BCUT2D eigenvalue weighted by molar-refractivity contribution is 0.185. The quantitative estimate of drug-likeness (QED) is 0.785. The van der Waals surface area contributed by atoms with Crippen LogP contribution in [0.3, 0.4) is 0 Å². The molecule has 106 valence electrons. The van der Waals surface area contributed by atoms with Gasteiger partial charge in [0.1, 0.15) is 4.60 Å². The van der Waals surface area contributed by atoms with E-state index in [9.17, 15) is 4.79 Å². The number of carbonyl (C=O) groups excluding carboxylic acids is 1. The van der Waals surface area contributed by atoms with Crippen molar-refractivity contribution < 1.29 is 14.3 Å². The van der Waals surface area contributed by atoms with Gasteiger partial charge in [-0.15, -0.1) is 0 Å². The van der Waals surface area contributed by atoms with Crippen LogP contribution in [0.15, 0.2) is 16.7 Å². The minimum atomic E-state index is -0.281. The van der Waals surface area contributed by atoms with Gasteiger partial charge < -0.3 is 20.1 Å². The van der Waals surface area contributed by atoms with E-state index in [4.69, 9.17) is 9.47 Å². The second-order valence-electron chi connectivity index (χ2n) is 3.97. The molecule has 7 heteroatoms. The van der Waals surface area contributed by atoms with Crippen LogP contribution < -0.4 is 15.4 Å². The Kier molecular flexibility index (Phi) is 6.58. The number of pyridine rings is 1. The average Bonchev–Trinajstić information content (AvgIpc) is 2.38. The van der Waals surface area contributed by atoms with Crippen molar-refractivity contribution in [3.05, 3.63) is 16.7 Å². The summed E-state index contributed by atoms with van der Waals surface area (Å²) in [6.45, 7) is 2.52. The second-order valence-corrected chi connectivity index (χ2v) is 4.72. The van der Waals surface area contributed by atoms with Crippen LogP contribution in [-0.2, 0) is 4.74 Å². The van der Waals surface area contributed by atoms with Crippen LogP contribution in [0.1, 0.15) is 13.3 Å². The van der Waals surface area contributed by atoms with Crippen molar-refractivity contribution in [1.29, 1.82) is 0 Å². The third-order valence-corrected chi connectivity index (χ3v) is 3.02. The molecule has 0 aliphatic carbocycles. The van der Waals surface area contributed by atoms with E-state index in [2.05, 4.69) is 31.5 Å². The third-order valence-electron chi connectivity index (χ3n) is 2.41. The van der Waals surface area contributed by atoms with E-state index in [-0.39, 0.29) is 12.1 Å². The lowest BCUT2D eigenvalue weighted by atomic mass is 10.2. The van der Waals surface area contributed by atoms with Gasteiger partial charge in [0.2, 0.25) is 5.88 Å². The summed E-state index contributed by atoms with van der Waals surface area (Å²) < 4.78 is 10.5. The van der Waals surface area contributed by atoms with Crippen LogP contribution in [0.2, 0.25) is 0 Å². The molecular formula is C12H18BrN3O3. The van der Waals surface area contributed by atoms with Gasteiger partial charge in [-0.2, -0.15) is 0 Å². The summed E-state index contributed by atoms with van der Waals surface area (Å²) in [5.74, 6) is 0.478. The Balaban J connectivity index is 2.52. The Morgan fingerprint density at radius 3 is 2.79 bits per heavy atom. The molecular weight excluding hydrogens is 314 g/mol. The fourth-order valence-corrected chi connectivity index (χ4v) is 1.78. The molecule has 0 unspecified atom stereocenters. The topological polar surface area (TPSA) is 72.5 Å². The number of rotatable bonds is 6. The van der Waals surface area contributed by atoms with Gasteiger partial charge in [0.25, 0.3) is 0 Å². The van der Waals surface area contributed by atoms with Gasteiger partial charge in [0.05, 0.1) is 12.8 Å². The Labute approximate surface area is 121 Å². The van der Waals surface area contributed by atoms with Gasteiger partial charge in [0.15, 0.2) is 0 Å². The Hall–Kier alpha value is -1.34. The molecule has 19 heavy (non-hydrogen) atoms. The second kappa shape index (κ2) is 7.96. The molecule has 0 aliphatic rings. The highest BCUT2D eigenvalue weighted by Crippen LogP contribution is 2.22. The molecule has 1 atom stereocenters. The molecule has 6 nitrogen and oxygen atoms in total. The molecule has 1 aromatic rings. The number of hydrogen-bond donors (Lipinski definition) is 2. The van der Waals surface area contributed by atoms with Gasteiger partial charge in [0, 0.05) is 25.8 Å². The Bertz CT molecular complexity index is 429. The lowest BCUT2D eigenvalue weighted by Crippen LogP contribution is -2.36. The number of amides is 2. The first-order chi connectivity index (χ1) is 9.06. The number of aromatic nitrogens is 1.